The van der Waals surface area contributed by atoms with Gasteiger partial charge in [0.05, 0.1) is 17.9 Å². The zero-order chi connectivity index (χ0) is 23.8. The maximum absolute atomic E-state index is 13.9. The van der Waals surface area contributed by atoms with Gasteiger partial charge in [0, 0.05) is 19.2 Å². The van der Waals surface area contributed by atoms with Crippen LogP contribution in [0.25, 0.3) is 5.57 Å². The van der Waals surface area contributed by atoms with Gasteiger partial charge in [0.15, 0.2) is 0 Å². The van der Waals surface area contributed by atoms with Crippen LogP contribution in [0.1, 0.15) is 34.7 Å². The number of ether oxygens (including phenoxy) is 1. The predicted molar refractivity (Wildman–Crippen MR) is 133 cm³/mol. The quantitative estimate of drug-likeness (QED) is 0.509. The first-order valence-electron chi connectivity index (χ1n) is 11.7. The van der Waals surface area contributed by atoms with E-state index in [0.717, 1.165) is 23.1 Å². The van der Waals surface area contributed by atoms with Gasteiger partial charge in [-0.15, -0.1) is 0 Å². The Balaban J connectivity index is 1.63. The van der Waals surface area contributed by atoms with Crippen LogP contribution in [-0.4, -0.2) is 29.9 Å². The van der Waals surface area contributed by atoms with E-state index in [1.54, 1.807) is 12.1 Å². The fourth-order valence-corrected chi connectivity index (χ4v) is 4.95. The minimum Gasteiger partial charge on any atom is -0.494 e. The molecule has 172 valence electrons. The molecule has 2 heterocycles. The van der Waals surface area contributed by atoms with Crippen molar-refractivity contribution in [1.29, 1.82) is 0 Å². The Kier molecular flexibility index (Phi) is 5.70. The summed E-state index contributed by atoms with van der Waals surface area (Å²) in [4.78, 5) is 31.2. The van der Waals surface area contributed by atoms with Crippen LogP contribution in [0.15, 0.2) is 72.4 Å². The van der Waals surface area contributed by atoms with Crippen molar-refractivity contribution in [3.8, 4) is 5.75 Å². The second kappa shape index (κ2) is 8.82. The van der Waals surface area contributed by atoms with Crippen molar-refractivity contribution in [2.75, 3.05) is 18.1 Å². The van der Waals surface area contributed by atoms with Crippen molar-refractivity contribution in [2.45, 2.75) is 33.7 Å². The van der Waals surface area contributed by atoms with Crippen molar-refractivity contribution in [1.82, 2.24) is 4.90 Å². The van der Waals surface area contributed by atoms with Gasteiger partial charge in [0.25, 0.3) is 11.8 Å². The lowest BCUT2D eigenvalue weighted by atomic mass is 9.95. The maximum atomic E-state index is 13.9. The van der Waals surface area contributed by atoms with Crippen molar-refractivity contribution in [3.05, 3.63) is 100 Å². The van der Waals surface area contributed by atoms with Crippen LogP contribution >= 0.6 is 0 Å². The molecule has 5 heteroatoms. The summed E-state index contributed by atoms with van der Waals surface area (Å²) in [5, 5.41) is 0. The third-order valence-electron chi connectivity index (χ3n) is 6.54. The molecule has 34 heavy (non-hydrogen) atoms. The highest BCUT2D eigenvalue weighted by Gasteiger charge is 2.43. The molecule has 2 amide bonds. The number of amides is 2. The Labute approximate surface area is 200 Å². The molecule has 0 bridgehead atoms. The van der Waals surface area contributed by atoms with E-state index in [1.807, 2.05) is 57.2 Å². The van der Waals surface area contributed by atoms with E-state index in [9.17, 15) is 9.59 Å². The van der Waals surface area contributed by atoms with Crippen LogP contribution in [0.5, 0.6) is 5.75 Å². The topological polar surface area (TPSA) is 49.9 Å². The molecular formula is C29H28N2O3. The lowest BCUT2D eigenvalue weighted by molar-refractivity contribution is -0.120. The molecule has 0 aromatic heterocycles. The summed E-state index contributed by atoms with van der Waals surface area (Å²) in [6.45, 7) is 7.73. The third kappa shape index (κ3) is 3.77. The van der Waals surface area contributed by atoms with Gasteiger partial charge in [0.2, 0.25) is 0 Å². The summed E-state index contributed by atoms with van der Waals surface area (Å²) in [5.74, 6) is 0.0569. The van der Waals surface area contributed by atoms with Gasteiger partial charge >= 0.3 is 0 Å². The smallest absolute Gasteiger partial charge is 0.282 e. The highest BCUT2D eigenvalue weighted by atomic mass is 16.5. The number of carbonyl (C=O) groups is 2. The Morgan fingerprint density at radius 2 is 1.68 bits per heavy atom. The first-order valence-corrected chi connectivity index (χ1v) is 11.7. The number of anilines is 1. The van der Waals surface area contributed by atoms with Crippen LogP contribution in [0.2, 0.25) is 0 Å². The Morgan fingerprint density at radius 1 is 0.882 bits per heavy atom. The fraction of sp³-hybridized carbons (Fsp3) is 0.241. The Morgan fingerprint density at radius 3 is 2.44 bits per heavy atom. The van der Waals surface area contributed by atoms with E-state index in [4.69, 9.17) is 4.74 Å². The van der Waals surface area contributed by atoms with Gasteiger partial charge in [-0.2, -0.15) is 0 Å². The van der Waals surface area contributed by atoms with Crippen LogP contribution < -0.4 is 9.64 Å². The third-order valence-corrected chi connectivity index (χ3v) is 6.54. The zero-order valence-corrected chi connectivity index (χ0v) is 19.8. The normalized spacial score (nSPS) is 15.7. The molecule has 0 saturated heterocycles. The summed E-state index contributed by atoms with van der Waals surface area (Å²) in [7, 11) is 0. The number of aryl methyl sites for hydroxylation is 2. The molecule has 0 spiro atoms. The average molecular weight is 453 g/mol. The molecule has 0 N–H and O–H groups in total. The minimum absolute atomic E-state index is 0.284. The summed E-state index contributed by atoms with van der Waals surface area (Å²) in [5.41, 5.74) is 6.88. The van der Waals surface area contributed by atoms with E-state index < -0.39 is 0 Å². The number of carbonyl (C=O) groups excluding carboxylic acids is 2. The van der Waals surface area contributed by atoms with Gasteiger partial charge in [-0.25, -0.2) is 4.90 Å². The minimum atomic E-state index is -0.292. The molecule has 0 unspecified atom stereocenters. The molecule has 3 aromatic rings. The molecular weight excluding hydrogens is 424 g/mol. The molecule has 0 fully saturated rings. The molecule has 5 rings (SSSR count). The zero-order valence-electron chi connectivity index (χ0n) is 19.8. The number of imide groups is 1. The number of fused-ring (bicyclic) bond motifs is 1. The van der Waals surface area contributed by atoms with Gasteiger partial charge in [-0.3, -0.25) is 9.59 Å². The van der Waals surface area contributed by atoms with Crippen LogP contribution in [0.3, 0.4) is 0 Å². The second-order valence-electron chi connectivity index (χ2n) is 8.86. The Bertz CT molecular complexity index is 1320. The number of nitrogens with zero attached hydrogens (tertiary/aromatic N) is 2. The van der Waals surface area contributed by atoms with E-state index in [1.165, 1.54) is 16.0 Å². The highest BCUT2D eigenvalue weighted by molar-refractivity contribution is 6.45. The van der Waals surface area contributed by atoms with Gasteiger partial charge in [-0.1, -0.05) is 54.1 Å². The molecule has 5 nitrogen and oxygen atoms in total. The predicted octanol–water partition coefficient (Wildman–Crippen LogP) is 5.04. The molecule has 0 aliphatic carbocycles. The maximum Gasteiger partial charge on any atom is 0.282 e. The summed E-state index contributed by atoms with van der Waals surface area (Å²) in [6.07, 6.45) is 0.834. The summed E-state index contributed by atoms with van der Waals surface area (Å²) in [6, 6.07) is 21.5. The molecule has 2 aliphatic heterocycles. The number of hydrogen-bond donors (Lipinski definition) is 0. The highest BCUT2D eigenvalue weighted by Crippen LogP contribution is 2.38. The molecule has 0 atom stereocenters. The van der Waals surface area contributed by atoms with Crippen molar-refractivity contribution in [3.63, 3.8) is 0 Å². The standard InChI is InChI=1S/C29H28N2O3/c1-4-34-24-11-7-10-23(17-24)31-28(32)26(25-13-12-19(2)16-20(25)3)27(29(31)33)30-15-14-21-8-5-6-9-22(21)18-30/h5-13,16-17H,4,14-15,18H2,1-3H3. The van der Waals surface area contributed by atoms with Crippen LogP contribution in [0, 0.1) is 13.8 Å². The monoisotopic (exact) mass is 452 g/mol. The van der Waals surface area contributed by atoms with Crippen molar-refractivity contribution >= 4 is 23.1 Å². The van der Waals surface area contributed by atoms with E-state index in [-0.39, 0.29) is 11.8 Å². The Hall–Kier alpha value is -3.86. The van der Waals surface area contributed by atoms with E-state index >= 15 is 0 Å². The fourth-order valence-electron chi connectivity index (χ4n) is 4.95. The lowest BCUT2D eigenvalue weighted by Crippen LogP contribution is -2.37. The largest absolute Gasteiger partial charge is 0.494 e. The van der Waals surface area contributed by atoms with Crippen LogP contribution in [-0.2, 0) is 22.6 Å². The number of rotatable bonds is 5. The first-order chi connectivity index (χ1) is 16.5. The lowest BCUT2D eigenvalue weighted by Gasteiger charge is -2.31. The van der Waals surface area contributed by atoms with Crippen molar-refractivity contribution < 1.29 is 14.3 Å². The molecule has 2 aliphatic rings. The molecule has 0 radical (unpaired) electrons. The number of benzene rings is 3. The SMILES string of the molecule is CCOc1cccc(N2C(=O)C(c3ccc(C)cc3C)=C(N3CCc4ccccc4C3)C2=O)c1. The van der Waals surface area contributed by atoms with Gasteiger partial charge in [0.1, 0.15) is 11.4 Å². The average Bonchev–Trinajstić information content (AvgIpc) is 3.09. The second-order valence-corrected chi connectivity index (χ2v) is 8.86. The molecule has 0 saturated carbocycles. The summed E-state index contributed by atoms with van der Waals surface area (Å²) < 4.78 is 5.63. The number of hydrogen-bond acceptors (Lipinski definition) is 4. The van der Waals surface area contributed by atoms with Crippen molar-refractivity contribution in [2.24, 2.45) is 0 Å². The van der Waals surface area contributed by atoms with E-state index in [0.29, 0.717) is 42.4 Å². The first kappa shape index (κ1) is 22.0. The van der Waals surface area contributed by atoms with Crippen LogP contribution in [0.4, 0.5) is 5.69 Å². The van der Waals surface area contributed by atoms with E-state index in [2.05, 4.69) is 23.1 Å². The summed E-state index contributed by atoms with van der Waals surface area (Å²) >= 11 is 0. The van der Waals surface area contributed by atoms with Gasteiger partial charge in [-0.05, 0) is 61.6 Å². The van der Waals surface area contributed by atoms with Gasteiger partial charge < -0.3 is 9.64 Å². The molecule has 3 aromatic carbocycles.